The molecule has 2 aromatic heterocycles. The van der Waals surface area contributed by atoms with Gasteiger partial charge in [-0.15, -0.1) is 14.8 Å². The van der Waals surface area contributed by atoms with Crippen molar-refractivity contribution < 1.29 is 22.6 Å². The Kier molecular flexibility index (Phi) is 3.49. The van der Waals surface area contributed by atoms with Crippen LogP contribution in [0.2, 0.25) is 0 Å². The summed E-state index contributed by atoms with van der Waals surface area (Å²) in [5, 5.41) is 14.7. The summed E-state index contributed by atoms with van der Waals surface area (Å²) < 4.78 is 48.0. The third-order valence-corrected chi connectivity index (χ3v) is 2.50. The molecule has 0 aliphatic carbocycles. The third-order valence-electron chi connectivity index (χ3n) is 2.50. The van der Waals surface area contributed by atoms with E-state index >= 15 is 0 Å². The molecule has 0 amide bonds. The van der Waals surface area contributed by atoms with Crippen LogP contribution in [0.4, 0.5) is 13.2 Å². The molecule has 0 unspecified atom stereocenters. The smallest absolute Gasteiger partial charge is 0.422 e. The molecule has 0 N–H and O–H groups in total. The molecule has 22 heavy (non-hydrogen) atoms. The number of hydrogen-bond acceptors (Lipinski definition) is 6. The first-order chi connectivity index (χ1) is 10.5. The Morgan fingerprint density at radius 2 is 1.82 bits per heavy atom. The molecule has 7 nitrogen and oxygen atoms in total. The fourth-order valence-electron chi connectivity index (χ4n) is 1.61. The number of para-hydroxylation sites is 2. The van der Waals surface area contributed by atoms with Crippen LogP contribution >= 0.6 is 0 Å². The Balaban J connectivity index is 1.82. The molecule has 3 aromatic rings. The largest absolute Gasteiger partial charge is 0.480 e. The minimum Gasteiger partial charge on any atom is -0.480 e. The van der Waals surface area contributed by atoms with Crippen LogP contribution in [-0.4, -0.2) is 38.0 Å². The molecule has 0 aliphatic heterocycles. The highest BCUT2D eigenvalue weighted by Gasteiger charge is 2.29. The van der Waals surface area contributed by atoms with Crippen LogP contribution in [0.15, 0.2) is 36.4 Å². The van der Waals surface area contributed by atoms with E-state index in [0.717, 1.165) is 4.63 Å². The molecule has 0 saturated carbocycles. The van der Waals surface area contributed by atoms with Crippen molar-refractivity contribution >= 4 is 5.65 Å². The van der Waals surface area contributed by atoms with Gasteiger partial charge in [-0.25, -0.2) is 0 Å². The maximum Gasteiger partial charge on any atom is 0.422 e. The number of aromatic nitrogens is 5. The van der Waals surface area contributed by atoms with Gasteiger partial charge in [-0.05, 0) is 28.6 Å². The molecule has 0 atom stereocenters. The van der Waals surface area contributed by atoms with Crippen LogP contribution in [0.1, 0.15) is 0 Å². The fourth-order valence-corrected chi connectivity index (χ4v) is 1.61. The van der Waals surface area contributed by atoms with Gasteiger partial charge in [0.05, 0.1) is 0 Å². The lowest BCUT2D eigenvalue weighted by molar-refractivity contribution is -0.153. The van der Waals surface area contributed by atoms with Crippen LogP contribution in [-0.2, 0) is 0 Å². The lowest BCUT2D eigenvalue weighted by atomic mass is 10.3. The number of halogens is 3. The number of fused-ring (bicyclic) bond motifs is 1. The lowest BCUT2D eigenvalue weighted by Crippen LogP contribution is -2.19. The summed E-state index contributed by atoms with van der Waals surface area (Å²) in [6.07, 6.45) is -4.43. The summed E-state index contributed by atoms with van der Waals surface area (Å²) in [6.45, 7) is -1.41. The Labute approximate surface area is 121 Å². The van der Waals surface area contributed by atoms with E-state index in [0.29, 0.717) is 5.65 Å². The van der Waals surface area contributed by atoms with Gasteiger partial charge in [-0.1, -0.05) is 12.1 Å². The van der Waals surface area contributed by atoms with E-state index < -0.39 is 12.8 Å². The molecule has 2 heterocycles. The van der Waals surface area contributed by atoms with Gasteiger partial charge in [0.15, 0.2) is 23.8 Å². The zero-order valence-corrected chi connectivity index (χ0v) is 10.9. The molecule has 0 spiro atoms. The summed E-state index contributed by atoms with van der Waals surface area (Å²) in [7, 11) is 0. The zero-order valence-electron chi connectivity index (χ0n) is 10.9. The summed E-state index contributed by atoms with van der Waals surface area (Å²) in [5.41, 5.74) is 0.411. The topological polar surface area (TPSA) is 74.4 Å². The van der Waals surface area contributed by atoms with E-state index in [9.17, 15) is 13.2 Å². The van der Waals surface area contributed by atoms with E-state index in [2.05, 4.69) is 20.6 Å². The van der Waals surface area contributed by atoms with E-state index in [1.807, 2.05) is 0 Å². The van der Waals surface area contributed by atoms with Crippen molar-refractivity contribution in [1.82, 2.24) is 25.3 Å². The summed E-state index contributed by atoms with van der Waals surface area (Å²) in [4.78, 5) is 0. The van der Waals surface area contributed by atoms with Gasteiger partial charge < -0.3 is 9.47 Å². The number of benzene rings is 1. The monoisotopic (exact) mass is 311 g/mol. The summed E-state index contributed by atoms with van der Waals surface area (Å²) in [6, 6.07) is 9.03. The van der Waals surface area contributed by atoms with Crippen LogP contribution in [0.3, 0.4) is 0 Å². The van der Waals surface area contributed by atoms with Gasteiger partial charge in [-0.3, -0.25) is 0 Å². The quantitative estimate of drug-likeness (QED) is 0.735. The molecule has 114 valence electrons. The zero-order chi connectivity index (χ0) is 15.6. The average Bonchev–Trinajstić information content (AvgIpc) is 2.93. The first-order valence-corrected chi connectivity index (χ1v) is 6.03. The minimum absolute atomic E-state index is 0.0431. The Bertz CT molecular complexity index is 790. The number of ether oxygens (including phenoxy) is 2. The maximum atomic E-state index is 12.2. The average molecular weight is 311 g/mol. The highest BCUT2D eigenvalue weighted by molar-refractivity contribution is 5.42. The molecule has 0 bridgehead atoms. The van der Waals surface area contributed by atoms with E-state index in [-0.39, 0.29) is 17.4 Å². The molecule has 3 rings (SSSR count). The normalized spacial score (nSPS) is 11.6. The van der Waals surface area contributed by atoms with Crippen LogP contribution in [0, 0.1) is 0 Å². The number of alkyl halides is 3. The van der Waals surface area contributed by atoms with Gasteiger partial charge in [-0.2, -0.15) is 13.2 Å². The van der Waals surface area contributed by atoms with Gasteiger partial charge in [0.1, 0.15) is 0 Å². The summed E-state index contributed by atoms with van der Waals surface area (Å²) in [5.74, 6) is 0.174. The minimum atomic E-state index is -4.43. The predicted octanol–water partition coefficient (Wildman–Crippen LogP) is 2.25. The Morgan fingerprint density at radius 3 is 2.59 bits per heavy atom. The molecule has 10 heteroatoms. The van der Waals surface area contributed by atoms with Crippen LogP contribution < -0.4 is 9.47 Å². The van der Waals surface area contributed by atoms with Crippen molar-refractivity contribution in [3.63, 3.8) is 0 Å². The maximum absolute atomic E-state index is 12.2. The Morgan fingerprint density at radius 1 is 1.05 bits per heavy atom. The first-order valence-electron chi connectivity index (χ1n) is 6.03. The second kappa shape index (κ2) is 5.47. The molecular formula is C12H8F3N5O2. The fraction of sp³-hybridized carbons (Fsp3) is 0.167. The van der Waals surface area contributed by atoms with E-state index in [1.165, 1.54) is 24.3 Å². The van der Waals surface area contributed by atoms with Gasteiger partial charge >= 0.3 is 6.18 Å². The van der Waals surface area contributed by atoms with Crippen molar-refractivity contribution in [2.75, 3.05) is 6.61 Å². The molecule has 0 aliphatic rings. The van der Waals surface area contributed by atoms with Gasteiger partial charge in [0, 0.05) is 6.07 Å². The highest BCUT2D eigenvalue weighted by atomic mass is 19.4. The molecule has 0 radical (unpaired) electrons. The van der Waals surface area contributed by atoms with Gasteiger partial charge in [0.25, 0.3) is 0 Å². The third kappa shape index (κ3) is 3.22. The highest BCUT2D eigenvalue weighted by Crippen LogP contribution is 2.31. The number of rotatable bonds is 4. The molecular weight excluding hydrogens is 303 g/mol. The van der Waals surface area contributed by atoms with Gasteiger partial charge in [0.2, 0.25) is 5.88 Å². The Hall–Kier alpha value is -2.91. The molecule has 0 fully saturated rings. The predicted molar refractivity (Wildman–Crippen MR) is 66.6 cm³/mol. The van der Waals surface area contributed by atoms with E-state index in [1.54, 1.807) is 12.1 Å². The standard InChI is InChI=1S/C12H8F3N5O2/c13-12(14,15)7-21-8-3-1-2-4-9(8)22-11-6-5-10-16-18-19-20(10)17-11/h1-6H,7H2. The second-order valence-electron chi connectivity index (χ2n) is 4.15. The number of nitrogens with zero attached hydrogens (tertiary/aromatic N) is 5. The SMILES string of the molecule is FC(F)(F)COc1ccccc1Oc1ccc2nnnn2n1. The second-order valence-corrected chi connectivity index (χ2v) is 4.15. The first kappa shape index (κ1) is 14.0. The van der Waals surface area contributed by atoms with Crippen molar-refractivity contribution in [2.24, 2.45) is 0 Å². The van der Waals surface area contributed by atoms with Crippen molar-refractivity contribution in [3.05, 3.63) is 36.4 Å². The van der Waals surface area contributed by atoms with Crippen molar-refractivity contribution in [3.8, 4) is 17.4 Å². The summed E-state index contributed by atoms with van der Waals surface area (Å²) >= 11 is 0. The number of hydrogen-bond donors (Lipinski definition) is 0. The lowest BCUT2D eigenvalue weighted by Gasteiger charge is -2.12. The molecule has 1 aromatic carbocycles. The van der Waals surface area contributed by atoms with E-state index in [4.69, 9.17) is 9.47 Å². The van der Waals surface area contributed by atoms with Crippen LogP contribution in [0.5, 0.6) is 17.4 Å². The van der Waals surface area contributed by atoms with Crippen LogP contribution in [0.25, 0.3) is 5.65 Å². The molecule has 0 saturated heterocycles. The van der Waals surface area contributed by atoms with Crippen molar-refractivity contribution in [1.29, 1.82) is 0 Å². The van der Waals surface area contributed by atoms with Crippen molar-refractivity contribution in [2.45, 2.75) is 6.18 Å². The number of tetrazole rings is 1.